The zero-order valence-electron chi connectivity index (χ0n) is 16.1. The molecule has 4 rings (SSSR count). The Morgan fingerprint density at radius 3 is 2.14 bits per heavy atom. The zero-order valence-corrected chi connectivity index (χ0v) is 16.1. The Kier molecular flexibility index (Phi) is 5.29. The second kappa shape index (κ2) is 8.18. The number of urea groups is 1. The highest BCUT2D eigenvalue weighted by Gasteiger charge is 2.26. The number of nitrogens with zero attached hydrogens (tertiary/aromatic N) is 4. The van der Waals surface area contributed by atoms with Gasteiger partial charge in [0.1, 0.15) is 5.69 Å². The first kappa shape index (κ1) is 18.7. The molecule has 0 aliphatic carbocycles. The SMILES string of the molecule is NC(=O)N1CCCN(C(=O)c2cn(-c3ccccc3)nc2-c2ccccc2)CC1. The molecule has 148 valence electrons. The summed E-state index contributed by atoms with van der Waals surface area (Å²) in [5, 5.41) is 4.72. The Bertz CT molecular complexity index is 1000. The van der Waals surface area contributed by atoms with Crippen molar-refractivity contribution < 1.29 is 9.59 Å². The molecule has 0 bridgehead atoms. The molecule has 2 heterocycles. The summed E-state index contributed by atoms with van der Waals surface area (Å²) in [6, 6.07) is 19.0. The predicted octanol–water partition coefficient (Wildman–Crippen LogP) is 2.77. The third-order valence-corrected chi connectivity index (χ3v) is 5.11. The molecule has 1 aliphatic heterocycles. The minimum absolute atomic E-state index is 0.0858. The van der Waals surface area contributed by atoms with Crippen molar-refractivity contribution in [1.82, 2.24) is 19.6 Å². The van der Waals surface area contributed by atoms with E-state index in [-0.39, 0.29) is 5.91 Å². The third-order valence-electron chi connectivity index (χ3n) is 5.11. The minimum atomic E-state index is -0.443. The van der Waals surface area contributed by atoms with Crippen LogP contribution >= 0.6 is 0 Å². The molecule has 7 nitrogen and oxygen atoms in total. The van der Waals surface area contributed by atoms with Crippen LogP contribution in [0.25, 0.3) is 16.9 Å². The molecule has 0 radical (unpaired) electrons. The summed E-state index contributed by atoms with van der Waals surface area (Å²) in [6.45, 7) is 2.03. The van der Waals surface area contributed by atoms with Crippen LogP contribution in [0.5, 0.6) is 0 Å². The standard InChI is InChI=1S/C22H23N5O2/c23-22(29)26-13-7-12-25(14-15-26)21(28)19-16-27(18-10-5-2-6-11-18)24-20(19)17-8-3-1-4-9-17/h1-6,8-11,16H,7,12-15H2,(H2,23,29). The van der Waals surface area contributed by atoms with Crippen molar-refractivity contribution in [3.05, 3.63) is 72.4 Å². The fraction of sp³-hybridized carbons (Fsp3) is 0.227. The maximum absolute atomic E-state index is 13.4. The molecule has 1 fully saturated rings. The molecule has 7 heteroatoms. The highest BCUT2D eigenvalue weighted by Crippen LogP contribution is 2.25. The molecule has 1 aromatic heterocycles. The quantitative estimate of drug-likeness (QED) is 0.747. The Hall–Kier alpha value is -3.61. The first-order chi connectivity index (χ1) is 14.1. The van der Waals surface area contributed by atoms with Crippen LogP contribution in [0.3, 0.4) is 0 Å². The minimum Gasteiger partial charge on any atom is -0.351 e. The van der Waals surface area contributed by atoms with E-state index >= 15 is 0 Å². The van der Waals surface area contributed by atoms with Crippen molar-refractivity contribution in [1.29, 1.82) is 0 Å². The van der Waals surface area contributed by atoms with Crippen LogP contribution in [0.2, 0.25) is 0 Å². The number of amides is 3. The summed E-state index contributed by atoms with van der Waals surface area (Å²) >= 11 is 0. The summed E-state index contributed by atoms with van der Waals surface area (Å²) in [5.41, 5.74) is 8.38. The van der Waals surface area contributed by atoms with Gasteiger partial charge in [0.2, 0.25) is 0 Å². The van der Waals surface area contributed by atoms with Crippen LogP contribution in [0.15, 0.2) is 66.9 Å². The molecule has 0 spiro atoms. The highest BCUT2D eigenvalue weighted by atomic mass is 16.2. The topological polar surface area (TPSA) is 84.5 Å². The number of rotatable bonds is 3. The number of primary amides is 1. The number of hydrogen-bond acceptors (Lipinski definition) is 3. The fourth-order valence-corrected chi connectivity index (χ4v) is 3.56. The van der Waals surface area contributed by atoms with Gasteiger partial charge in [0.05, 0.1) is 11.3 Å². The molecule has 1 aliphatic rings. The average molecular weight is 389 g/mol. The Labute approximate surface area is 169 Å². The molecule has 2 aromatic carbocycles. The van der Waals surface area contributed by atoms with Crippen molar-refractivity contribution in [3.8, 4) is 16.9 Å². The van der Waals surface area contributed by atoms with E-state index in [0.29, 0.717) is 43.9 Å². The van der Waals surface area contributed by atoms with Gasteiger partial charge in [0, 0.05) is 37.9 Å². The summed E-state index contributed by atoms with van der Waals surface area (Å²) < 4.78 is 1.74. The second-order valence-electron chi connectivity index (χ2n) is 7.01. The first-order valence-electron chi connectivity index (χ1n) is 9.67. The molecule has 0 atom stereocenters. The summed E-state index contributed by atoms with van der Waals surface area (Å²) in [4.78, 5) is 28.3. The van der Waals surface area contributed by atoms with E-state index < -0.39 is 6.03 Å². The second-order valence-corrected chi connectivity index (χ2v) is 7.01. The lowest BCUT2D eigenvalue weighted by molar-refractivity contribution is 0.0763. The van der Waals surface area contributed by atoms with E-state index in [9.17, 15) is 9.59 Å². The van der Waals surface area contributed by atoms with Gasteiger partial charge in [-0.3, -0.25) is 4.79 Å². The van der Waals surface area contributed by atoms with Crippen molar-refractivity contribution in [3.63, 3.8) is 0 Å². The van der Waals surface area contributed by atoms with Crippen molar-refractivity contribution in [2.75, 3.05) is 26.2 Å². The van der Waals surface area contributed by atoms with Crippen molar-refractivity contribution >= 4 is 11.9 Å². The molecule has 0 unspecified atom stereocenters. The van der Waals surface area contributed by atoms with Crippen LogP contribution in [0.4, 0.5) is 4.79 Å². The van der Waals surface area contributed by atoms with Gasteiger partial charge in [-0.25, -0.2) is 9.48 Å². The van der Waals surface area contributed by atoms with E-state index in [1.54, 1.807) is 20.7 Å². The normalized spacial score (nSPS) is 14.5. The van der Waals surface area contributed by atoms with E-state index in [1.807, 2.05) is 60.7 Å². The third kappa shape index (κ3) is 3.99. The number of para-hydroxylation sites is 1. The van der Waals surface area contributed by atoms with Gasteiger partial charge in [-0.15, -0.1) is 0 Å². The molecule has 0 saturated carbocycles. The van der Waals surface area contributed by atoms with E-state index in [1.165, 1.54) is 0 Å². The van der Waals surface area contributed by atoms with Gasteiger partial charge in [0.15, 0.2) is 0 Å². The Balaban J connectivity index is 1.69. The number of benzene rings is 2. The molecule has 3 amide bonds. The molecular formula is C22H23N5O2. The maximum Gasteiger partial charge on any atom is 0.314 e. The van der Waals surface area contributed by atoms with Crippen LogP contribution < -0.4 is 5.73 Å². The van der Waals surface area contributed by atoms with Crippen LogP contribution in [-0.4, -0.2) is 57.7 Å². The monoisotopic (exact) mass is 389 g/mol. The van der Waals surface area contributed by atoms with Crippen molar-refractivity contribution in [2.24, 2.45) is 5.73 Å². The first-order valence-corrected chi connectivity index (χ1v) is 9.67. The van der Waals surface area contributed by atoms with Gasteiger partial charge < -0.3 is 15.5 Å². The highest BCUT2D eigenvalue weighted by molar-refractivity contribution is 6.00. The fourth-order valence-electron chi connectivity index (χ4n) is 3.56. The van der Waals surface area contributed by atoms with E-state index in [2.05, 4.69) is 0 Å². The molecule has 1 saturated heterocycles. The van der Waals surface area contributed by atoms with E-state index in [0.717, 1.165) is 11.3 Å². The van der Waals surface area contributed by atoms with Gasteiger partial charge in [0.25, 0.3) is 5.91 Å². The van der Waals surface area contributed by atoms with Crippen LogP contribution in [-0.2, 0) is 0 Å². The lowest BCUT2D eigenvalue weighted by Crippen LogP contribution is -2.39. The van der Waals surface area contributed by atoms with Gasteiger partial charge >= 0.3 is 6.03 Å². The largest absolute Gasteiger partial charge is 0.351 e. The number of nitrogens with two attached hydrogens (primary N) is 1. The number of carbonyl (C=O) groups excluding carboxylic acids is 2. The Morgan fingerprint density at radius 1 is 0.828 bits per heavy atom. The van der Waals surface area contributed by atoms with Gasteiger partial charge in [-0.05, 0) is 18.6 Å². The summed E-state index contributed by atoms with van der Waals surface area (Å²) in [7, 11) is 0. The van der Waals surface area contributed by atoms with Gasteiger partial charge in [-0.1, -0.05) is 48.5 Å². The zero-order chi connectivity index (χ0) is 20.2. The number of aromatic nitrogens is 2. The smallest absolute Gasteiger partial charge is 0.314 e. The van der Waals surface area contributed by atoms with Crippen LogP contribution in [0.1, 0.15) is 16.8 Å². The average Bonchev–Trinajstić information content (AvgIpc) is 3.05. The van der Waals surface area contributed by atoms with Crippen LogP contribution in [0, 0.1) is 0 Å². The lowest BCUT2D eigenvalue weighted by atomic mass is 10.1. The maximum atomic E-state index is 13.4. The summed E-state index contributed by atoms with van der Waals surface area (Å²) in [6.07, 6.45) is 2.49. The number of hydrogen-bond donors (Lipinski definition) is 1. The predicted molar refractivity (Wildman–Crippen MR) is 111 cm³/mol. The molecule has 29 heavy (non-hydrogen) atoms. The Morgan fingerprint density at radius 2 is 1.45 bits per heavy atom. The van der Waals surface area contributed by atoms with E-state index in [4.69, 9.17) is 10.8 Å². The summed E-state index contributed by atoms with van der Waals surface area (Å²) in [5.74, 6) is -0.0858. The van der Waals surface area contributed by atoms with Gasteiger partial charge in [-0.2, -0.15) is 5.10 Å². The molecule has 3 aromatic rings. The molecule has 2 N–H and O–H groups in total. The van der Waals surface area contributed by atoms with Crippen molar-refractivity contribution in [2.45, 2.75) is 6.42 Å². The molecular weight excluding hydrogens is 366 g/mol. The number of carbonyl (C=O) groups is 2. The lowest BCUT2D eigenvalue weighted by Gasteiger charge is -2.21.